The van der Waals surface area contributed by atoms with Crippen LogP contribution in [0, 0.1) is 11.3 Å². The number of ketones is 1. The van der Waals surface area contributed by atoms with E-state index in [1.54, 1.807) is 0 Å². The van der Waals surface area contributed by atoms with E-state index in [0.717, 1.165) is 12.0 Å². The predicted octanol–water partition coefficient (Wildman–Crippen LogP) is 4.64. The summed E-state index contributed by atoms with van der Waals surface area (Å²) < 4.78 is 0. The summed E-state index contributed by atoms with van der Waals surface area (Å²) in [7, 11) is 0. The summed E-state index contributed by atoms with van der Waals surface area (Å²) in [6.45, 7) is 15.3. The van der Waals surface area contributed by atoms with Crippen molar-refractivity contribution in [3.8, 4) is 0 Å². The molecule has 0 amide bonds. The second-order valence-corrected chi connectivity index (χ2v) is 8.74. The second-order valence-electron chi connectivity index (χ2n) is 8.74. The molecule has 2 nitrogen and oxygen atoms in total. The summed E-state index contributed by atoms with van der Waals surface area (Å²) >= 11 is 0. The summed E-state index contributed by atoms with van der Waals surface area (Å²) in [5, 5.41) is 3.59. The van der Waals surface area contributed by atoms with E-state index < -0.39 is 0 Å². The average molecular weight is 301 g/mol. The number of hydrogen-bond donors (Lipinski definition) is 1. The fourth-order valence-corrected chi connectivity index (χ4v) is 3.60. The first-order valence-electron chi connectivity index (χ1n) is 8.46. The number of rotatable bonds is 2. The summed E-state index contributed by atoms with van der Waals surface area (Å²) in [5.74, 6) is 0.436. The maximum Gasteiger partial charge on any atom is 0.159 e. The van der Waals surface area contributed by atoms with Gasteiger partial charge in [-0.1, -0.05) is 72.7 Å². The van der Waals surface area contributed by atoms with Gasteiger partial charge in [-0.15, -0.1) is 0 Å². The Morgan fingerprint density at radius 1 is 1.09 bits per heavy atom. The van der Waals surface area contributed by atoms with Crippen molar-refractivity contribution >= 4 is 5.78 Å². The highest BCUT2D eigenvalue weighted by Crippen LogP contribution is 2.40. The van der Waals surface area contributed by atoms with Crippen LogP contribution in [0.4, 0.5) is 0 Å². The fraction of sp³-hybridized carbons (Fsp3) is 0.650. The summed E-state index contributed by atoms with van der Waals surface area (Å²) in [6.07, 6.45) is 0.989. The van der Waals surface area contributed by atoms with Crippen molar-refractivity contribution < 1.29 is 4.79 Å². The lowest BCUT2D eigenvalue weighted by atomic mass is 9.74. The van der Waals surface area contributed by atoms with Crippen molar-refractivity contribution in [2.45, 2.75) is 72.4 Å². The molecule has 2 heteroatoms. The molecule has 1 aliphatic heterocycles. The van der Waals surface area contributed by atoms with Crippen molar-refractivity contribution in [2.24, 2.45) is 11.3 Å². The number of hydrogen-bond acceptors (Lipinski definition) is 2. The first kappa shape index (κ1) is 17.2. The van der Waals surface area contributed by atoms with Gasteiger partial charge in [0.2, 0.25) is 0 Å². The zero-order valence-corrected chi connectivity index (χ0v) is 15.2. The Labute approximate surface area is 135 Å². The molecule has 0 saturated carbocycles. The smallest absolute Gasteiger partial charge is 0.159 e. The van der Waals surface area contributed by atoms with Crippen LogP contribution in [-0.2, 0) is 10.2 Å². The minimum absolute atomic E-state index is 0.00114. The molecule has 122 valence electrons. The molecule has 22 heavy (non-hydrogen) atoms. The third-order valence-electron chi connectivity index (χ3n) is 4.83. The van der Waals surface area contributed by atoms with Crippen LogP contribution in [0.2, 0.25) is 0 Å². The maximum absolute atomic E-state index is 13.0. The Morgan fingerprint density at radius 3 is 2.18 bits per heavy atom. The van der Waals surface area contributed by atoms with Crippen molar-refractivity contribution in [3.63, 3.8) is 0 Å². The fourth-order valence-electron chi connectivity index (χ4n) is 3.60. The third kappa shape index (κ3) is 3.27. The predicted molar refractivity (Wildman–Crippen MR) is 93.0 cm³/mol. The minimum atomic E-state index is -0.156. The topological polar surface area (TPSA) is 29.1 Å². The highest BCUT2D eigenvalue weighted by Gasteiger charge is 2.47. The molecule has 0 radical (unpaired) electrons. The monoisotopic (exact) mass is 301 g/mol. The van der Waals surface area contributed by atoms with Crippen LogP contribution in [0.25, 0.3) is 0 Å². The molecule has 1 aromatic carbocycles. The van der Waals surface area contributed by atoms with E-state index in [1.807, 2.05) is 0 Å². The zero-order valence-electron chi connectivity index (χ0n) is 15.2. The lowest BCUT2D eigenvalue weighted by molar-refractivity contribution is -0.124. The van der Waals surface area contributed by atoms with E-state index in [1.165, 1.54) is 5.56 Å². The molecular formula is C20H31NO. The second kappa shape index (κ2) is 5.81. The van der Waals surface area contributed by atoms with E-state index in [4.69, 9.17) is 0 Å². The standard InChI is InChI=1S/C20H31NO/c1-8-15-16(20(5,6)7)18(22)17(21-15)13-10-9-11-14(12-13)19(2,3)4/h9-12,15-17,21H,8H2,1-7H3. The van der Waals surface area contributed by atoms with Crippen molar-refractivity contribution in [1.29, 1.82) is 0 Å². The Bertz CT molecular complexity index is 548. The van der Waals surface area contributed by atoms with Gasteiger partial charge < -0.3 is 5.32 Å². The summed E-state index contributed by atoms with van der Waals surface area (Å²) in [5.41, 5.74) is 2.50. The molecule has 0 bridgehead atoms. The van der Waals surface area contributed by atoms with Crippen LogP contribution < -0.4 is 5.32 Å². The molecule has 1 aromatic rings. The van der Waals surface area contributed by atoms with Crippen molar-refractivity contribution in [1.82, 2.24) is 5.32 Å². The molecule has 3 atom stereocenters. The number of nitrogens with one attached hydrogen (secondary N) is 1. The molecule has 0 spiro atoms. The molecule has 2 rings (SSSR count). The van der Waals surface area contributed by atoms with Gasteiger partial charge in [0.1, 0.15) is 0 Å². The quantitative estimate of drug-likeness (QED) is 0.862. The van der Waals surface area contributed by atoms with Gasteiger partial charge in [-0.2, -0.15) is 0 Å². The molecule has 1 heterocycles. The molecule has 1 aliphatic rings. The highest BCUT2D eigenvalue weighted by atomic mass is 16.1. The van der Waals surface area contributed by atoms with Crippen molar-refractivity contribution in [3.05, 3.63) is 35.4 Å². The Morgan fingerprint density at radius 2 is 1.73 bits per heavy atom. The van der Waals surface area contributed by atoms with E-state index in [9.17, 15) is 4.79 Å². The van der Waals surface area contributed by atoms with E-state index >= 15 is 0 Å². The third-order valence-corrected chi connectivity index (χ3v) is 4.83. The molecule has 0 aliphatic carbocycles. The van der Waals surface area contributed by atoms with Crippen LogP contribution in [0.1, 0.15) is 72.1 Å². The average Bonchev–Trinajstić information content (AvgIpc) is 2.74. The highest BCUT2D eigenvalue weighted by molar-refractivity contribution is 5.91. The normalized spacial score (nSPS) is 26.5. The molecule has 1 saturated heterocycles. The van der Waals surface area contributed by atoms with Gasteiger partial charge in [0.25, 0.3) is 0 Å². The van der Waals surface area contributed by atoms with Crippen LogP contribution in [-0.4, -0.2) is 11.8 Å². The number of carbonyl (C=O) groups excluding carboxylic acids is 1. The van der Waals surface area contributed by atoms with E-state index in [-0.39, 0.29) is 28.8 Å². The van der Waals surface area contributed by atoms with E-state index in [2.05, 4.69) is 78.0 Å². The number of carbonyl (C=O) groups is 1. The van der Waals surface area contributed by atoms with Crippen molar-refractivity contribution in [2.75, 3.05) is 0 Å². The van der Waals surface area contributed by atoms with E-state index in [0.29, 0.717) is 5.78 Å². The molecular weight excluding hydrogens is 270 g/mol. The van der Waals surface area contributed by atoms with Crippen LogP contribution in [0.5, 0.6) is 0 Å². The van der Waals surface area contributed by atoms with Crippen LogP contribution in [0.15, 0.2) is 24.3 Å². The largest absolute Gasteiger partial charge is 0.300 e. The minimum Gasteiger partial charge on any atom is -0.300 e. The van der Waals surface area contributed by atoms with Gasteiger partial charge in [-0.3, -0.25) is 4.79 Å². The summed E-state index contributed by atoms with van der Waals surface area (Å²) in [6, 6.07) is 8.64. The van der Waals surface area contributed by atoms with Crippen LogP contribution in [0.3, 0.4) is 0 Å². The molecule has 0 aromatic heterocycles. The number of benzene rings is 1. The Hall–Kier alpha value is -1.15. The van der Waals surface area contributed by atoms with Gasteiger partial charge in [-0.05, 0) is 28.4 Å². The lowest BCUT2D eigenvalue weighted by Crippen LogP contribution is -2.35. The van der Waals surface area contributed by atoms with Gasteiger partial charge in [0, 0.05) is 12.0 Å². The SMILES string of the molecule is CCC1NC(c2cccc(C(C)(C)C)c2)C(=O)C1C(C)(C)C. The lowest BCUT2D eigenvalue weighted by Gasteiger charge is -2.29. The van der Waals surface area contributed by atoms with Crippen LogP contribution >= 0.6 is 0 Å². The maximum atomic E-state index is 13.0. The first-order valence-corrected chi connectivity index (χ1v) is 8.46. The molecule has 1 fully saturated rings. The molecule has 3 unspecified atom stereocenters. The Balaban J connectivity index is 2.37. The van der Waals surface area contributed by atoms with Gasteiger partial charge in [-0.25, -0.2) is 0 Å². The molecule has 1 N–H and O–H groups in total. The zero-order chi connectivity index (χ0) is 16.7. The number of Topliss-reactive ketones (excluding diaryl/α,β-unsaturated/α-hetero) is 1. The van der Waals surface area contributed by atoms with Gasteiger partial charge in [0.15, 0.2) is 5.78 Å². The summed E-state index contributed by atoms with van der Waals surface area (Å²) in [4.78, 5) is 13.0. The van der Waals surface area contributed by atoms with Gasteiger partial charge in [0.05, 0.1) is 6.04 Å². The Kier molecular flexibility index (Phi) is 4.54. The van der Waals surface area contributed by atoms with Gasteiger partial charge >= 0.3 is 0 Å². The first-order chi connectivity index (χ1) is 10.1.